The number of H-pyrrole nitrogens is 1. The van der Waals surface area contributed by atoms with Gasteiger partial charge in [-0.3, -0.25) is 14.0 Å². The molecule has 1 N–H and O–H groups in total. The van der Waals surface area contributed by atoms with Crippen LogP contribution in [0.1, 0.15) is 42.1 Å². The molecule has 6 heteroatoms. The van der Waals surface area contributed by atoms with E-state index in [0.29, 0.717) is 12.2 Å². The van der Waals surface area contributed by atoms with Gasteiger partial charge in [0.15, 0.2) is 0 Å². The normalized spacial score (nSPS) is 17.6. The first-order valence-corrected chi connectivity index (χ1v) is 9.04. The smallest absolute Gasteiger partial charge is 0.259 e. The first kappa shape index (κ1) is 16.6. The number of piperidine rings is 1. The number of carbonyl (C=O) groups excluding carboxylic acids is 1. The Morgan fingerprint density at radius 2 is 2.15 bits per heavy atom. The minimum Gasteiger partial charge on any atom is -0.334 e. The molecule has 3 heterocycles. The van der Waals surface area contributed by atoms with E-state index in [1.165, 1.54) is 4.40 Å². The number of likely N-dealkylation sites (tertiary alicyclic amines) is 1. The number of rotatable bonds is 3. The van der Waals surface area contributed by atoms with Crippen LogP contribution in [0.4, 0.5) is 0 Å². The van der Waals surface area contributed by atoms with Crippen LogP contribution in [0.25, 0.3) is 5.78 Å². The van der Waals surface area contributed by atoms with Gasteiger partial charge < -0.3 is 9.88 Å². The number of nitrogens with zero attached hydrogens (tertiary/aromatic N) is 3. The number of benzene rings is 1. The number of aromatic amines is 1. The number of aromatic nitrogens is 3. The maximum atomic E-state index is 13.0. The predicted octanol–water partition coefficient (Wildman–Crippen LogP) is 2.63. The molecule has 1 unspecified atom stereocenters. The van der Waals surface area contributed by atoms with Gasteiger partial charge >= 0.3 is 0 Å². The lowest BCUT2D eigenvalue weighted by molar-refractivity contribution is -0.134. The highest BCUT2D eigenvalue weighted by Crippen LogP contribution is 2.30. The van der Waals surface area contributed by atoms with Gasteiger partial charge in [-0.2, -0.15) is 0 Å². The Hall–Kier alpha value is -2.89. The number of amides is 1. The molecule has 26 heavy (non-hydrogen) atoms. The fraction of sp³-hybridized carbons (Fsp3) is 0.350. The van der Waals surface area contributed by atoms with Crippen LogP contribution in [0.5, 0.6) is 0 Å². The summed E-state index contributed by atoms with van der Waals surface area (Å²) in [6.45, 7) is 2.75. The second-order valence-electron chi connectivity index (χ2n) is 6.89. The van der Waals surface area contributed by atoms with Gasteiger partial charge in [-0.1, -0.05) is 24.3 Å². The van der Waals surface area contributed by atoms with Gasteiger partial charge in [0.2, 0.25) is 11.7 Å². The molecule has 0 radical (unpaired) electrons. The second kappa shape index (κ2) is 6.78. The minimum atomic E-state index is -0.122. The van der Waals surface area contributed by atoms with E-state index in [1.807, 2.05) is 36.1 Å². The van der Waals surface area contributed by atoms with Gasteiger partial charge in [-0.15, -0.1) is 0 Å². The molecule has 1 aromatic carbocycles. The van der Waals surface area contributed by atoms with Crippen molar-refractivity contribution in [3.8, 4) is 0 Å². The van der Waals surface area contributed by atoms with E-state index in [0.717, 1.165) is 42.6 Å². The number of hydrogen-bond acceptors (Lipinski definition) is 3. The van der Waals surface area contributed by atoms with E-state index in [4.69, 9.17) is 0 Å². The second-order valence-corrected chi connectivity index (χ2v) is 6.89. The quantitative estimate of drug-likeness (QED) is 0.789. The Bertz CT molecular complexity index is 1000. The highest BCUT2D eigenvalue weighted by Gasteiger charge is 2.29. The number of imidazole rings is 1. The van der Waals surface area contributed by atoms with Crippen molar-refractivity contribution < 1.29 is 4.79 Å². The highest BCUT2D eigenvalue weighted by atomic mass is 16.2. The van der Waals surface area contributed by atoms with Crippen molar-refractivity contribution in [1.29, 1.82) is 0 Å². The van der Waals surface area contributed by atoms with Crippen molar-refractivity contribution in [2.24, 2.45) is 0 Å². The standard InChI is InChI=1S/C20H22N4O2/c1-14-6-2-3-7-15(14)12-18(25)23-10-5-4-8-17(23)16-13-19(26)24-11-9-21-20(24)22-16/h2-3,6-7,9,11,13,17H,4-5,8,10,12H2,1H3,(H,21,22). The third-order valence-corrected chi connectivity index (χ3v) is 5.20. The van der Waals surface area contributed by atoms with Crippen LogP contribution in [0.15, 0.2) is 47.5 Å². The summed E-state index contributed by atoms with van der Waals surface area (Å²) in [6.07, 6.45) is 6.51. The summed E-state index contributed by atoms with van der Waals surface area (Å²) < 4.78 is 1.48. The fourth-order valence-electron chi connectivity index (χ4n) is 3.75. The Balaban J connectivity index is 1.64. The van der Waals surface area contributed by atoms with Gasteiger partial charge in [0.1, 0.15) is 0 Å². The lowest BCUT2D eigenvalue weighted by atomic mass is 9.97. The lowest BCUT2D eigenvalue weighted by Crippen LogP contribution is -2.40. The Labute approximate surface area is 151 Å². The van der Waals surface area contributed by atoms with E-state index >= 15 is 0 Å². The zero-order valence-corrected chi connectivity index (χ0v) is 14.8. The van der Waals surface area contributed by atoms with Crippen molar-refractivity contribution in [2.75, 3.05) is 6.54 Å². The van der Waals surface area contributed by atoms with Crippen molar-refractivity contribution in [1.82, 2.24) is 19.3 Å². The summed E-state index contributed by atoms with van der Waals surface area (Å²) in [7, 11) is 0. The first-order valence-electron chi connectivity index (χ1n) is 9.04. The average Bonchev–Trinajstić information content (AvgIpc) is 3.13. The third-order valence-electron chi connectivity index (χ3n) is 5.20. The Morgan fingerprint density at radius 1 is 1.31 bits per heavy atom. The number of hydrogen-bond donors (Lipinski definition) is 1. The molecule has 4 rings (SSSR count). The number of aryl methyl sites for hydroxylation is 1. The van der Waals surface area contributed by atoms with Crippen LogP contribution in [0, 0.1) is 6.92 Å². The van der Waals surface area contributed by atoms with E-state index in [-0.39, 0.29) is 17.5 Å². The third kappa shape index (κ3) is 3.03. The number of carbonyl (C=O) groups is 1. The van der Waals surface area contributed by atoms with Gasteiger partial charge in [0, 0.05) is 30.7 Å². The van der Waals surface area contributed by atoms with Gasteiger partial charge in [0.25, 0.3) is 5.56 Å². The van der Waals surface area contributed by atoms with Crippen molar-refractivity contribution in [3.05, 3.63) is 69.9 Å². The molecule has 134 valence electrons. The summed E-state index contributed by atoms with van der Waals surface area (Å²) in [5.41, 5.74) is 2.83. The molecule has 6 nitrogen and oxygen atoms in total. The summed E-state index contributed by atoms with van der Waals surface area (Å²) in [5.74, 6) is 0.623. The average molecular weight is 350 g/mol. The zero-order chi connectivity index (χ0) is 18.1. The Morgan fingerprint density at radius 3 is 3.00 bits per heavy atom. The first-order chi connectivity index (χ1) is 12.6. The predicted molar refractivity (Wildman–Crippen MR) is 99.0 cm³/mol. The number of fused-ring (bicyclic) bond motifs is 1. The largest absolute Gasteiger partial charge is 0.334 e. The molecule has 0 spiro atoms. The minimum absolute atomic E-state index is 0.102. The molecule has 1 fully saturated rings. The van der Waals surface area contributed by atoms with Gasteiger partial charge in [-0.25, -0.2) is 4.98 Å². The van der Waals surface area contributed by atoms with Gasteiger partial charge in [0.05, 0.1) is 12.5 Å². The molecular formula is C20H22N4O2. The van der Waals surface area contributed by atoms with Crippen LogP contribution < -0.4 is 5.56 Å². The van der Waals surface area contributed by atoms with Crippen molar-refractivity contribution >= 4 is 11.7 Å². The number of nitrogens with one attached hydrogen (secondary N) is 1. The molecule has 1 aliphatic rings. The Kier molecular flexibility index (Phi) is 4.32. The van der Waals surface area contributed by atoms with Gasteiger partial charge in [-0.05, 0) is 37.3 Å². The van der Waals surface area contributed by atoms with Crippen molar-refractivity contribution in [3.63, 3.8) is 0 Å². The van der Waals surface area contributed by atoms with E-state index in [1.54, 1.807) is 18.5 Å². The molecular weight excluding hydrogens is 328 g/mol. The lowest BCUT2D eigenvalue weighted by Gasteiger charge is -2.36. The molecule has 1 amide bonds. The molecule has 2 aromatic heterocycles. The van der Waals surface area contributed by atoms with E-state index in [9.17, 15) is 9.59 Å². The molecule has 3 aromatic rings. The SMILES string of the molecule is Cc1ccccc1CC(=O)N1CCCCC1c1cc(=O)n2ccnc2[nH]1. The highest BCUT2D eigenvalue weighted by molar-refractivity contribution is 5.79. The molecule has 1 aliphatic heterocycles. The summed E-state index contributed by atoms with van der Waals surface area (Å²) in [6, 6.07) is 9.48. The summed E-state index contributed by atoms with van der Waals surface area (Å²) in [5, 5.41) is 0. The molecule has 0 bridgehead atoms. The zero-order valence-electron chi connectivity index (χ0n) is 14.8. The van der Waals surface area contributed by atoms with Crippen molar-refractivity contribution in [2.45, 2.75) is 38.6 Å². The molecule has 1 saturated heterocycles. The topological polar surface area (TPSA) is 70.5 Å². The van der Waals surface area contributed by atoms with Crippen LogP contribution >= 0.6 is 0 Å². The summed E-state index contributed by atoms with van der Waals surface area (Å²) >= 11 is 0. The van der Waals surface area contributed by atoms with Crippen LogP contribution in [-0.2, 0) is 11.2 Å². The van der Waals surface area contributed by atoms with Crippen LogP contribution in [0.2, 0.25) is 0 Å². The van der Waals surface area contributed by atoms with E-state index in [2.05, 4.69) is 9.97 Å². The van der Waals surface area contributed by atoms with Crippen LogP contribution in [-0.4, -0.2) is 31.7 Å². The van der Waals surface area contributed by atoms with E-state index < -0.39 is 0 Å². The van der Waals surface area contributed by atoms with Crippen LogP contribution in [0.3, 0.4) is 0 Å². The molecule has 0 aliphatic carbocycles. The molecule has 0 saturated carbocycles. The maximum Gasteiger partial charge on any atom is 0.259 e. The fourth-order valence-corrected chi connectivity index (χ4v) is 3.75. The molecule has 1 atom stereocenters. The maximum absolute atomic E-state index is 13.0. The monoisotopic (exact) mass is 350 g/mol. The summed E-state index contributed by atoms with van der Waals surface area (Å²) in [4.78, 5) is 34.7.